The maximum Gasteiger partial charge on any atom is 0.418 e. The molecule has 0 saturated heterocycles. The Morgan fingerprint density at radius 2 is 1.69 bits per heavy atom. The molecule has 1 aliphatic rings. The van der Waals surface area contributed by atoms with Crippen LogP contribution in [-0.2, 0) is 4.74 Å². The van der Waals surface area contributed by atoms with Crippen LogP contribution in [0.15, 0.2) is 42.5 Å². The largest absolute Gasteiger partial charge is 0.449 e. The van der Waals surface area contributed by atoms with Crippen LogP contribution in [0.4, 0.5) is 29.3 Å². The van der Waals surface area contributed by atoms with E-state index in [1.807, 2.05) is 0 Å². The van der Waals surface area contributed by atoms with Crippen LogP contribution in [0.1, 0.15) is 32.1 Å². The minimum absolute atomic E-state index is 0.0724. The van der Waals surface area contributed by atoms with Crippen LogP contribution in [0.3, 0.4) is 0 Å². The summed E-state index contributed by atoms with van der Waals surface area (Å²) in [7, 11) is 0. The number of carbonyl (C=O) groups excluding carboxylic acids is 1. The van der Waals surface area contributed by atoms with Gasteiger partial charge in [0.05, 0.1) is 18.0 Å². The lowest BCUT2D eigenvalue weighted by atomic mass is 9.90. The highest BCUT2D eigenvalue weighted by atomic mass is 19.2. The first-order valence-corrected chi connectivity index (χ1v) is 8.72. The molecule has 0 N–H and O–H groups in total. The summed E-state index contributed by atoms with van der Waals surface area (Å²) < 4.78 is 45.9. The van der Waals surface area contributed by atoms with Gasteiger partial charge in [-0.3, -0.25) is 0 Å². The van der Waals surface area contributed by atoms with E-state index in [2.05, 4.69) is 0 Å². The van der Waals surface area contributed by atoms with Crippen molar-refractivity contribution >= 4 is 17.5 Å². The topological polar surface area (TPSA) is 29.5 Å². The Bertz CT molecular complexity index is 775. The Morgan fingerprint density at radius 1 is 0.962 bits per heavy atom. The molecule has 1 amide bonds. The predicted molar refractivity (Wildman–Crippen MR) is 92.8 cm³/mol. The van der Waals surface area contributed by atoms with Crippen molar-refractivity contribution in [1.82, 2.24) is 0 Å². The predicted octanol–water partition coefficient (Wildman–Crippen LogP) is 5.96. The molecule has 0 radical (unpaired) electrons. The average Bonchev–Trinajstić information content (AvgIpc) is 2.64. The van der Waals surface area contributed by atoms with Gasteiger partial charge in [-0.15, -0.1) is 0 Å². The van der Waals surface area contributed by atoms with Gasteiger partial charge < -0.3 is 4.74 Å². The van der Waals surface area contributed by atoms with Crippen molar-refractivity contribution in [2.45, 2.75) is 32.1 Å². The smallest absolute Gasteiger partial charge is 0.418 e. The number of hydrogen-bond donors (Lipinski definition) is 0. The van der Waals surface area contributed by atoms with Gasteiger partial charge in [0.25, 0.3) is 0 Å². The molecule has 0 atom stereocenters. The summed E-state index contributed by atoms with van der Waals surface area (Å²) in [4.78, 5) is 13.7. The van der Waals surface area contributed by atoms with Crippen molar-refractivity contribution < 1.29 is 22.7 Å². The molecule has 1 saturated carbocycles. The fourth-order valence-electron chi connectivity index (χ4n) is 3.21. The van der Waals surface area contributed by atoms with Gasteiger partial charge in [-0.25, -0.2) is 22.9 Å². The molecule has 138 valence electrons. The SMILES string of the molecule is O=C(OCC1CCCCC1)N(c1cccc(F)c1)c1ccc(F)c(F)c1. The summed E-state index contributed by atoms with van der Waals surface area (Å²) in [5.41, 5.74) is 0.257. The second-order valence-electron chi connectivity index (χ2n) is 6.49. The van der Waals surface area contributed by atoms with E-state index < -0.39 is 23.5 Å². The van der Waals surface area contributed by atoms with E-state index in [1.54, 1.807) is 0 Å². The number of carbonyl (C=O) groups is 1. The molecule has 1 fully saturated rings. The molecule has 3 rings (SSSR count). The molecular weight excluding hydrogens is 343 g/mol. The summed E-state index contributed by atoms with van der Waals surface area (Å²) in [6.45, 7) is 0.258. The van der Waals surface area contributed by atoms with Crippen molar-refractivity contribution in [2.75, 3.05) is 11.5 Å². The Kier molecular flexibility index (Phi) is 5.81. The highest BCUT2D eigenvalue weighted by molar-refractivity contribution is 5.95. The molecule has 0 bridgehead atoms. The standard InChI is InChI=1S/C20H20F3NO2/c21-15-7-4-8-16(11-15)24(17-9-10-18(22)19(23)12-17)20(25)26-13-14-5-2-1-3-6-14/h4,7-12,14H,1-3,5-6,13H2. The van der Waals surface area contributed by atoms with Crippen LogP contribution in [0, 0.1) is 23.4 Å². The Hall–Kier alpha value is -2.50. The normalized spacial score (nSPS) is 14.9. The highest BCUT2D eigenvalue weighted by Crippen LogP contribution is 2.29. The number of hydrogen-bond acceptors (Lipinski definition) is 2. The summed E-state index contributed by atoms with van der Waals surface area (Å²) in [5.74, 6) is -2.37. The van der Waals surface area contributed by atoms with E-state index in [0.29, 0.717) is 5.92 Å². The van der Waals surface area contributed by atoms with Gasteiger partial charge >= 0.3 is 6.09 Å². The number of rotatable bonds is 4. The number of amides is 1. The van der Waals surface area contributed by atoms with Crippen LogP contribution in [-0.4, -0.2) is 12.7 Å². The summed E-state index contributed by atoms with van der Waals surface area (Å²) in [5, 5.41) is 0. The van der Waals surface area contributed by atoms with Crippen LogP contribution in [0.5, 0.6) is 0 Å². The zero-order valence-corrected chi connectivity index (χ0v) is 14.3. The number of nitrogens with zero attached hydrogens (tertiary/aromatic N) is 1. The number of ether oxygens (including phenoxy) is 1. The highest BCUT2D eigenvalue weighted by Gasteiger charge is 2.23. The molecule has 0 aliphatic heterocycles. The molecule has 0 aromatic heterocycles. The van der Waals surface area contributed by atoms with Gasteiger partial charge in [0.15, 0.2) is 11.6 Å². The maximum atomic E-state index is 13.6. The molecule has 26 heavy (non-hydrogen) atoms. The molecule has 6 heteroatoms. The molecular formula is C20H20F3NO2. The fraction of sp³-hybridized carbons (Fsp3) is 0.350. The van der Waals surface area contributed by atoms with Crippen LogP contribution in [0.25, 0.3) is 0 Å². The van der Waals surface area contributed by atoms with Crippen molar-refractivity contribution in [1.29, 1.82) is 0 Å². The summed E-state index contributed by atoms with van der Waals surface area (Å²) >= 11 is 0. The first-order chi connectivity index (χ1) is 12.5. The summed E-state index contributed by atoms with van der Waals surface area (Å²) in [6.07, 6.45) is 4.66. The molecule has 1 aliphatic carbocycles. The average molecular weight is 363 g/mol. The lowest BCUT2D eigenvalue weighted by Gasteiger charge is -2.25. The Labute approximate surface area is 150 Å². The van der Waals surface area contributed by atoms with Crippen LogP contribution >= 0.6 is 0 Å². The second-order valence-corrected chi connectivity index (χ2v) is 6.49. The minimum Gasteiger partial charge on any atom is -0.449 e. The van der Waals surface area contributed by atoms with Gasteiger partial charge in [0.2, 0.25) is 0 Å². The van der Waals surface area contributed by atoms with E-state index in [1.165, 1.54) is 30.7 Å². The van der Waals surface area contributed by atoms with Gasteiger partial charge in [0.1, 0.15) is 5.82 Å². The van der Waals surface area contributed by atoms with Crippen molar-refractivity contribution in [2.24, 2.45) is 5.92 Å². The number of anilines is 2. The third-order valence-corrected chi connectivity index (χ3v) is 4.58. The molecule has 2 aromatic carbocycles. The van der Waals surface area contributed by atoms with Gasteiger partial charge in [0, 0.05) is 6.07 Å². The molecule has 0 unspecified atom stereocenters. The molecule has 3 nitrogen and oxygen atoms in total. The van der Waals surface area contributed by atoms with Gasteiger partial charge in [-0.05, 0) is 49.1 Å². The second kappa shape index (κ2) is 8.25. The third-order valence-electron chi connectivity index (χ3n) is 4.58. The van der Waals surface area contributed by atoms with E-state index in [9.17, 15) is 18.0 Å². The lowest BCUT2D eigenvalue weighted by molar-refractivity contribution is 0.124. The number of benzene rings is 2. The molecule has 0 spiro atoms. The van der Waals surface area contributed by atoms with E-state index in [4.69, 9.17) is 4.74 Å². The Balaban J connectivity index is 1.84. The molecule has 2 aromatic rings. The number of halogens is 3. The zero-order valence-electron chi connectivity index (χ0n) is 14.3. The quantitative estimate of drug-likeness (QED) is 0.671. The van der Waals surface area contributed by atoms with E-state index in [0.717, 1.165) is 48.8 Å². The minimum atomic E-state index is -1.09. The van der Waals surface area contributed by atoms with Crippen molar-refractivity contribution in [3.63, 3.8) is 0 Å². The van der Waals surface area contributed by atoms with Crippen molar-refractivity contribution in [3.05, 3.63) is 59.9 Å². The van der Waals surface area contributed by atoms with E-state index in [-0.39, 0.29) is 18.0 Å². The monoisotopic (exact) mass is 363 g/mol. The Morgan fingerprint density at radius 3 is 2.38 bits per heavy atom. The van der Waals surface area contributed by atoms with Crippen LogP contribution in [0.2, 0.25) is 0 Å². The summed E-state index contributed by atoms with van der Waals surface area (Å²) in [6, 6.07) is 8.39. The first kappa shape index (κ1) is 18.3. The van der Waals surface area contributed by atoms with Crippen LogP contribution < -0.4 is 4.90 Å². The molecule has 0 heterocycles. The van der Waals surface area contributed by atoms with Crippen molar-refractivity contribution in [3.8, 4) is 0 Å². The van der Waals surface area contributed by atoms with Gasteiger partial charge in [-0.1, -0.05) is 25.3 Å². The maximum absolute atomic E-state index is 13.6. The van der Waals surface area contributed by atoms with Gasteiger partial charge in [-0.2, -0.15) is 0 Å². The fourth-order valence-corrected chi connectivity index (χ4v) is 3.21. The first-order valence-electron chi connectivity index (χ1n) is 8.72. The van der Waals surface area contributed by atoms with E-state index >= 15 is 0 Å². The third kappa shape index (κ3) is 4.36. The lowest BCUT2D eigenvalue weighted by Crippen LogP contribution is -2.29. The zero-order chi connectivity index (χ0) is 18.5.